The van der Waals surface area contributed by atoms with Gasteiger partial charge in [0.1, 0.15) is 11.3 Å². The van der Waals surface area contributed by atoms with Crippen molar-refractivity contribution >= 4 is 5.91 Å². The van der Waals surface area contributed by atoms with Crippen LogP contribution in [0.1, 0.15) is 48.7 Å². The van der Waals surface area contributed by atoms with Crippen molar-refractivity contribution in [1.29, 1.82) is 0 Å². The van der Waals surface area contributed by atoms with Crippen LogP contribution in [-0.4, -0.2) is 24.0 Å². The van der Waals surface area contributed by atoms with E-state index < -0.39 is 0 Å². The lowest BCUT2D eigenvalue weighted by molar-refractivity contribution is 0.0956. The minimum Gasteiger partial charge on any atom is -0.489 e. The molecule has 1 aliphatic carbocycles. The molecule has 17 heavy (non-hydrogen) atoms. The largest absolute Gasteiger partial charge is 0.489 e. The molecule has 0 bridgehead atoms. The van der Waals surface area contributed by atoms with Crippen molar-refractivity contribution in [1.82, 2.24) is 10.3 Å². The van der Waals surface area contributed by atoms with Crippen LogP contribution in [0.2, 0.25) is 0 Å². The van der Waals surface area contributed by atoms with Crippen LogP contribution in [0.4, 0.5) is 0 Å². The molecule has 1 fully saturated rings. The summed E-state index contributed by atoms with van der Waals surface area (Å²) in [5, 5.41) is 2.65. The van der Waals surface area contributed by atoms with E-state index in [2.05, 4.69) is 10.3 Å². The van der Waals surface area contributed by atoms with Crippen molar-refractivity contribution in [2.75, 3.05) is 7.05 Å². The molecule has 0 atom stereocenters. The number of aromatic nitrogens is 1. The predicted octanol–water partition coefficient (Wildman–Crippen LogP) is 2.11. The van der Waals surface area contributed by atoms with Crippen LogP contribution >= 0.6 is 0 Å². The van der Waals surface area contributed by atoms with Gasteiger partial charge in [-0.25, -0.2) is 0 Å². The number of pyridine rings is 1. The lowest BCUT2D eigenvalue weighted by atomic mass is 10.0. The minimum absolute atomic E-state index is 0.127. The fourth-order valence-electron chi connectivity index (χ4n) is 1.71. The van der Waals surface area contributed by atoms with Gasteiger partial charge in [0.05, 0.1) is 11.8 Å². The maximum atomic E-state index is 11.9. The molecular weight excluding hydrogens is 216 g/mol. The molecule has 92 valence electrons. The third-order valence-corrected chi connectivity index (χ3v) is 2.76. The highest BCUT2D eigenvalue weighted by atomic mass is 16.5. The van der Waals surface area contributed by atoms with E-state index in [0.29, 0.717) is 11.3 Å². The van der Waals surface area contributed by atoms with Gasteiger partial charge in [-0.15, -0.1) is 0 Å². The van der Waals surface area contributed by atoms with E-state index in [-0.39, 0.29) is 17.9 Å². The predicted molar refractivity (Wildman–Crippen MR) is 65.4 cm³/mol. The Bertz CT molecular complexity index is 425. The molecule has 0 aliphatic heterocycles. The molecule has 1 heterocycles. The average Bonchev–Trinajstić information content (AvgIpc) is 3.11. The van der Waals surface area contributed by atoms with Gasteiger partial charge >= 0.3 is 0 Å². The molecule has 1 amide bonds. The topological polar surface area (TPSA) is 51.2 Å². The Morgan fingerprint density at radius 3 is 2.76 bits per heavy atom. The number of carbonyl (C=O) groups is 1. The van der Waals surface area contributed by atoms with Crippen molar-refractivity contribution in [2.45, 2.75) is 38.7 Å². The lowest BCUT2D eigenvalue weighted by Crippen LogP contribution is -2.22. The fourth-order valence-corrected chi connectivity index (χ4v) is 1.71. The number of hydrogen-bond acceptors (Lipinski definition) is 3. The van der Waals surface area contributed by atoms with Crippen molar-refractivity contribution in [3.05, 3.63) is 23.5 Å². The Hall–Kier alpha value is -1.58. The third kappa shape index (κ3) is 2.57. The molecule has 1 saturated carbocycles. The molecule has 4 heteroatoms. The smallest absolute Gasteiger partial charge is 0.256 e. The van der Waals surface area contributed by atoms with Crippen LogP contribution in [0, 0.1) is 0 Å². The molecule has 4 nitrogen and oxygen atoms in total. The Morgan fingerprint density at radius 1 is 1.53 bits per heavy atom. The van der Waals surface area contributed by atoms with E-state index >= 15 is 0 Å². The summed E-state index contributed by atoms with van der Waals surface area (Å²) in [5.74, 6) is 0.730. The Labute approximate surface area is 101 Å². The number of ether oxygens (including phenoxy) is 1. The van der Waals surface area contributed by atoms with E-state index in [1.165, 1.54) is 0 Å². The van der Waals surface area contributed by atoms with Gasteiger partial charge in [-0.3, -0.25) is 9.78 Å². The first-order chi connectivity index (χ1) is 8.13. The number of rotatable bonds is 4. The summed E-state index contributed by atoms with van der Waals surface area (Å²) in [6, 6.07) is 1.77. The summed E-state index contributed by atoms with van der Waals surface area (Å²) in [4.78, 5) is 16.2. The van der Waals surface area contributed by atoms with E-state index in [1.54, 1.807) is 19.3 Å². The first-order valence-corrected chi connectivity index (χ1v) is 6.01. The first-order valence-electron chi connectivity index (χ1n) is 6.01. The normalized spacial score (nSPS) is 14.8. The van der Waals surface area contributed by atoms with Gasteiger partial charge in [-0.1, -0.05) is 13.8 Å². The fraction of sp³-hybridized carbons (Fsp3) is 0.538. The van der Waals surface area contributed by atoms with E-state index in [0.717, 1.165) is 18.5 Å². The van der Waals surface area contributed by atoms with Crippen LogP contribution < -0.4 is 10.1 Å². The summed E-state index contributed by atoms with van der Waals surface area (Å²) < 4.78 is 5.77. The SMILES string of the molecule is CNC(=O)c1c(OC2CC2)ccnc1C(C)C. The van der Waals surface area contributed by atoms with Gasteiger partial charge in [0.25, 0.3) is 5.91 Å². The van der Waals surface area contributed by atoms with Gasteiger partial charge in [0, 0.05) is 13.2 Å². The molecular formula is C13H18N2O2. The molecule has 0 saturated heterocycles. The molecule has 1 aromatic heterocycles. The zero-order chi connectivity index (χ0) is 12.4. The van der Waals surface area contributed by atoms with Crippen LogP contribution in [0.5, 0.6) is 5.75 Å². The van der Waals surface area contributed by atoms with Gasteiger partial charge < -0.3 is 10.1 Å². The van der Waals surface area contributed by atoms with Crippen molar-refractivity contribution in [3.63, 3.8) is 0 Å². The molecule has 0 radical (unpaired) electrons. The lowest BCUT2D eigenvalue weighted by Gasteiger charge is -2.15. The van der Waals surface area contributed by atoms with Crippen molar-refractivity contribution < 1.29 is 9.53 Å². The average molecular weight is 234 g/mol. The third-order valence-electron chi connectivity index (χ3n) is 2.76. The van der Waals surface area contributed by atoms with Gasteiger partial charge in [-0.2, -0.15) is 0 Å². The quantitative estimate of drug-likeness (QED) is 0.868. The molecule has 0 aromatic carbocycles. The van der Waals surface area contributed by atoms with E-state index in [9.17, 15) is 4.79 Å². The van der Waals surface area contributed by atoms with Crippen LogP contribution in [0.25, 0.3) is 0 Å². The molecule has 1 aliphatic rings. The molecule has 1 N–H and O–H groups in total. The van der Waals surface area contributed by atoms with Gasteiger partial charge in [0.2, 0.25) is 0 Å². The number of nitrogens with zero attached hydrogens (tertiary/aromatic N) is 1. The molecule has 1 aromatic rings. The summed E-state index contributed by atoms with van der Waals surface area (Å²) >= 11 is 0. The summed E-state index contributed by atoms with van der Waals surface area (Å²) in [6.07, 6.45) is 4.14. The van der Waals surface area contributed by atoms with Crippen LogP contribution in [-0.2, 0) is 0 Å². The zero-order valence-electron chi connectivity index (χ0n) is 10.5. The second-order valence-electron chi connectivity index (χ2n) is 4.62. The highest BCUT2D eigenvalue weighted by Gasteiger charge is 2.27. The van der Waals surface area contributed by atoms with E-state index in [4.69, 9.17) is 4.74 Å². The van der Waals surface area contributed by atoms with Crippen molar-refractivity contribution in [2.24, 2.45) is 0 Å². The second-order valence-corrected chi connectivity index (χ2v) is 4.62. The van der Waals surface area contributed by atoms with Crippen LogP contribution in [0.3, 0.4) is 0 Å². The molecule has 2 rings (SSSR count). The number of nitrogens with one attached hydrogen (secondary N) is 1. The number of carbonyl (C=O) groups excluding carboxylic acids is 1. The second kappa shape index (κ2) is 4.73. The van der Waals surface area contributed by atoms with Gasteiger partial charge in [0.15, 0.2) is 0 Å². The zero-order valence-corrected chi connectivity index (χ0v) is 10.5. The number of amides is 1. The summed E-state index contributed by atoms with van der Waals surface area (Å²) in [7, 11) is 1.63. The Kier molecular flexibility index (Phi) is 3.31. The maximum absolute atomic E-state index is 11.9. The standard InChI is InChI=1S/C13H18N2O2/c1-8(2)12-11(13(16)14-3)10(6-7-15-12)17-9-4-5-9/h6-9H,4-5H2,1-3H3,(H,14,16). The maximum Gasteiger partial charge on any atom is 0.256 e. The van der Waals surface area contributed by atoms with Gasteiger partial charge in [-0.05, 0) is 24.8 Å². The first kappa shape index (κ1) is 11.9. The number of hydrogen-bond donors (Lipinski definition) is 1. The molecule has 0 unspecified atom stereocenters. The van der Waals surface area contributed by atoms with Crippen LogP contribution in [0.15, 0.2) is 12.3 Å². The van der Waals surface area contributed by atoms with E-state index in [1.807, 2.05) is 13.8 Å². The Morgan fingerprint density at radius 2 is 2.24 bits per heavy atom. The molecule has 0 spiro atoms. The summed E-state index contributed by atoms with van der Waals surface area (Å²) in [6.45, 7) is 4.05. The van der Waals surface area contributed by atoms with Crippen molar-refractivity contribution in [3.8, 4) is 5.75 Å². The Balaban J connectivity index is 2.41. The minimum atomic E-state index is -0.127. The summed E-state index contributed by atoms with van der Waals surface area (Å²) in [5.41, 5.74) is 1.37. The highest BCUT2D eigenvalue weighted by Crippen LogP contribution is 2.31. The highest BCUT2D eigenvalue weighted by molar-refractivity contribution is 5.98. The monoisotopic (exact) mass is 234 g/mol.